The second kappa shape index (κ2) is 8.95. The molecular weight excluding hydrogens is 496 g/mol. The van der Waals surface area contributed by atoms with Crippen molar-refractivity contribution in [2.75, 3.05) is 5.32 Å². The maximum absolute atomic E-state index is 12.2. The maximum Gasteiger partial charge on any atom is 0.248 e. The molecule has 6 heteroatoms. The standard InChI is InChI=1S/C21H16Cl2INO2/c1-2-13-12-14(24)6-9-18(13)25-20(26)11-8-15-7-10-19(27-15)16-4-3-5-17(22)21(16)23/h3-12H,2H2,1H3,(H,25,26). The van der Waals surface area contributed by atoms with Crippen molar-refractivity contribution in [1.29, 1.82) is 0 Å². The van der Waals surface area contributed by atoms with Crippen molar-refractivity contribution in [1.82, 2.24) is 0 Å². The second-order valence-electron chi connectivity index (χ2n) is 5.78. The van der Waals surface area contributed by atoms with Crippen molar-refractivity contribution in [3.05, 3.63) is 79.5 Å². The molecule has 0 spiro atoms. The van der Waals surface area contributed by atoms with Crippen molar-refractivity contribution in [3.8, 4) is 11.3 Å². The van der Waals surface area contributed by atoms with Crippen LogP contribution in [0.15, 0.2) is 59.0 Å². The van der Waals surface area contributed by atoms with Crippen molar-refractivity contribution < 1.29 is 9.21 Å². The van der Waals surface area contributed by atoms with Crippen LogP contribution >= 0.6 is 45.8 Å². The lowest BCUT2D eigenvalue weighted by molar-refractivity contribution is -0.111. The third-order valence-corrected chi connectivity index (χ3v) is 5.44. The molecule has 138 valence electrons. The van der Waals surface area contributed by atoms with E-state index in [9.17, 15) is 4.79 Å². The molecule has 0 unspecified atom stereocenters. The highest BCUT2D eigenvalue weighted by atomic mass is 127. The van der Waals surface area contributed by atoms with Crippen LogP contribution in [0.3, 0.4) is 0 Å². The third-order valence-electron chi connectivity index (χ3n) is 3.95. The van der Waals surface area contributed by atoms with Gasteiger partial charge in [0.05, 0.1) is 10.0 Å². The number of halogens is 3. The molecule has 1 aromatic heterocycles. The molecule has 0 saturated heterocycles. The maximum atomic E-state index is 12.2. The number of aryl methyl sites for hydroxylation is 1. The largest absolute Gasteiger partial charge is 0.457 e. The summed E-state index contributed by atoms with van der Waals surface area (Å²) in [5.74, 6) is 0.924. The lowest BCUT2D eigenvalue weighted by atomic mass is 10.1. The van der Waals surface area contributed by atoms with Gasteiger partial charge in [-0.1, -0.05) is 36.2 Å². The average Bonchev–Trinajstić information content (AvgIpc) is 3.12. The van der Waals surface area contributed by atoms with Gasteiger partial charge in [-0.3, -0.25) is 4.79 Å². The Morgan fingerprint density at radius 3 is 2.78 bits per heavy atom. The number of amides is 1. The Bertz CT molecular complexity index is 1010. The number of anilines is 1. The summed E-state index contributed by atoms with van der Waals surface area (Å²) in [5, 5.41) is 3.81. The van der Waals surface area contributed by atoms with E-state index in [4.69, 9.17) is 27.6 Å². The lowest BCUT2D eigenvalue weighted by Crippen LogP contribution is -2.09. The average molecular weight is 512 g/mol. The summed E-state index contributed by atoms with van der Waals surface area (Å²) >= 11 is 14.5. The number of carbonyl (C=O) groups excluding carboxylic acids is 1. The molecule has 3 aromatic rings. The van der Waals surface area contributed by atoms with Crippen LogP contribution in [0.25, 0.3) is 17.4 Å². The minimum Gasteiger partial charge on any atom is -0.457 e. The highest BCUT2D eigenvalue weighted by Gasteiger charge is 2.10. The van der Waals surface area contributed by atoms with Gasteiger partial charge in [0.25, 0.3) is 0 Å². The normalized spacial score (nSPS) is 11.1. The summed E-state index contributed by atoms with van der Waals surface area (Å²) in [4.78, 5) is 12.2. The van der Waals surface area contributed by atoms with Gasteiger partial charge in [0, 0.05) is 20.9 Å². The zero-order chi connectivity index (χ0) is 19.4. The molecule has 0 fully saturated rings. The molecule has 1 amide bonds. The Hall–Kier alpha value is -1.76. The van der Waals surface area contributed by atoms with Gasteiger partial charge in [-0.2, -0.15) is 0 Å². The van der Waals surface area contributed by atoms with Gasteiger partial charge in [-0.25, -0.2) is 0 Å². The van der Waals surface area contributed by atoms with Crippen LogP contribution in [0.4, 0.5) is 5.69 Å². The Morgan fingerprint density at radius 1 is 1.19 bits per heavy atom. The number of hydrogen-bond donors (Lipinski definition) is 1. The molecule has 2 aromatic carbocycles. The smallest absolute Gasteiger partial charge is 0.248 e. The molecule has 0 aliphatic rings. The van der Waals surface area contributed by atoms with E-state index in [1.54, 1.807) is 30.3 Å². The van der Waals surface area contributed by atoms with Crippen molar-refractivity contribution >= 4 is 63.5 Å². The molecule has 0 aliphatic carbocycles. The predicted octanol–water partition coefficient (Wildman–Crippen LogP) is 7.07. The van der Waals surface area contributed by atoms with Crippen LogP contribution in [0, 0.1) is 3.57 Å². The molecular formula is C21H16Cl2INO2. The molecule has 3 rings (SSSR count). The third kappa shape index (κ3) is 4.94. The predicted molar refractivity (Wildman–Crippen MR) is 120 cm³/mol. The van der Waals surface area contributed by atoms with Gasteiger partial charge in [0.1, 0.15) is 11.5 Å². The highest BCUT2D eigenvalue weighted by molar-refractivity contribution is 14.1. The Morgan fingerprint density at radius 2 is 2.00 bits per heavy atom. The summed E-state index contributed by atoms with van der Waals surface area (Å²) in [6, 6.07) is 14.9. The van der Waals surface area contributed by atoms with Crippen molar-refractivity contribution in [2.24, 2.45) is 0 Å². The van der Waals surface area contributed by atoms with Crippen LogP contribution in [-0.2, 0) is 11.2 Å². The number of furan rings is 1. The van der Waals surface area contributed by atoms with Gasteiger partial charge in [0.15, 0.2) is 0 Å². The van der Waals surface area contributed by atoms with Gasteiger partial charge in [-0.05, 0) is 83.1 Å². The fraction of sp³-hybridized carbons (Fsp3) is 0.0952. The lowest BCUT2D eigenvalue weighted by Gasteiger charge is -2.08. The number of hydrogen-bond acceptors (Lipinski definition) is 2. The summed E-state index contributed by atoms with van der Waals surface area (Å²) in [6.07, 6.45) is 3.91. The first-order chi connectivity index (χ1) is 13.0. The molecule has 0 radical (unpaired) electrons. The number of carbonyl (C=O) groups is 1. The van der Waals surface area contributed by atoms with Crippen molar-refractivity contribution in [3.63, 3.8) is 0 Å². The minimum atomic E-state index is -0.218. The topological polar surface area (TPSA) is 42.2 Å². The van der Waals surface area contributed by atoms with Crippen LogP contribution in [0.1, 0.15) is 18.2 Å². The highest BCUT2D eigenvalue weighted by Crippen LogP contribution is 2.34. The Kier molecular flexibility index (Phi) is 6.63. The molecule has 0 aliphatic heterocycles. The van der Waals surface area contributed by atoms with E-state index >= 15 is 0 Å². The fourth-order valence-corrected chi connectivity index (χ4v) is 3.54. The summed E-state index contributed by atoms with van der Waals surface area (Å²) in [5.41, 5.74) is 2.62. The molecule has 3 nitrogen and oxygen atoms in total. The van der Waals surface area contributed by atoms with Crippen LogP contribution in [-0.4, -0.2) is 5.91 Å². The molecule has 1 N–H and O–H groups in total. The second-order valence-corrected chi connectivity index (χ2v) is 7.81. The zero-order valence-electron chi connectivity index (χ0n) is 14.4. The van der Waals surface area contributed by atoms with E-state index in [1.165, 1.54) is 6.08 Å². The first-order valence-electron chi connectivity index (χ1n) is 8.29. The van der Waals surface area contributed by atoms with Gasteiger partial charge in [0.2, 0.25) is 5.91 Å². The summed E-state index contributed by atoms with van der Waals surface area (Å²) in [6.45, 7) is 2.06. The Labute approximate surface area is 181 Å². The Balaban J connectivity index is 1.73. The zero-order valence-corrected chi connectivity index (χ0v) is 18.1. The molecule has 1 heterocycles. The van der Waals surface area contributed by atoms with Crippen molar-refractivity contribution in [2.45, 2.75) is 13.3 Å². The number of rotatable bonds is 5. The minimum absolute atomic E-state index is 0.218. The quantitative estimate of drug-likeness (QED) is 0.294. The summed E-state index contributed by atoms with van der Waals surface area (Å²) < 4.78 is 6.90. The summed E-state index contributed by atoms with van der Waals surface area (Å²) in [7, 11) is 0. The van der Waals surface area contributed by atoms with Crippen LogP contribution in [0.2, 0.25) is 10.0 Å². The molecule has 27 heavy (non-hydrogen) atoms. The first kappa shape index (κ1) is 20.0. The van der Waals surface area contributed by atoms with E-state index in [0.29, 0.717) is 27.1 Å². The fourth-order valence-electron chi connectivity index (χ4n) is 2.59. The van der Waals surface area contributed by atoms with E-state index in [-0.39, 0.29) is 5.91 Å². The van der Waals surface area contributed by atoms with Crippen LogP contribution in [0.5, 0.6) is 0 Å². The van der Waals surface area contributed by atoms with E-state index in [0.717, 1.165) is 21.2 Å². The number of benzene rings is 2. The van der Waals surface area contributed by atoms with E-state index in [1.807, 2.05) is 18.2 Å². The van der Waals surface area contributed by atoms with E-state index in [2.05, 4.69) is 40.9 Å². The molecule has 0 atom stereocenters. The monoisotopic (exact) mass is 511 g/mol. The molecule has 0 saturated carbocycles. The number of nitrogens with one attached hydrogen (secondary N) is 1. The van der Waals surface area contributed by atoms with E-state index < -0.39 is 0 Å². The van der Waals surface area contributed by atoms with Gasteiger partial charge >= 0.3 is 0 Å². The molecule has 0 bridgehead atoms. The van der Waals surface area contributed by atoms with Gasteiger partial charge in [-0.15, -0.1) is 0 Å². The first-order valence-corrected chi connectivity index (χ1v) is 10.1. The van der Waals surface area contributed by atoms with Gasteiger partial charge < -0.3 is 9.73 Å². The SMILES string of the molecule is CCc1cc(I)ccc1NC(=O)C=Cc1ccc(-c2cccc(Cl)c2Cl)o1. The van der Waals surface area contributed by atoms with Crippen LogP contribution < -0.4 is 5.32 Å².